The molecule has 0 spiro atoms. The molecule has 0 amide bonds. The summed E-state index contributed by atoms with van der Waals surface area (Å²) < 4.78 is 28.7. The van der Waals surface area contributed by atoms with E-state index in [1.807, 2.05) is 19.1 Å². The van der Waals surface area contributed by atoms with Crippen LogP contribution in [0.4, 0.5) is 8.78 Å². The van der Waals surface area contributed by atoms with E-state index in [9.17, 15) is 8.78 Å². The molecular weight excluding hydrogens is 280 g/mol. The molecule has 0 fully saturated rings. The SMILES string of the molecule is CCNC(c1ccc(OC(F)F)cc1)c1sccc1C. The molecule has 2 nitrogen and oxygen atoms in total. The van der Waals surface area contributed by atoms with Gasteiger partial charge in [-0.3, -0.25) is 0 Å². The Morgan fingerprint density at radius 1 is 1.20 bits per heavy atom. The number of ether oxygens (including phenoxy) is 1. The van der Waals surface area contributed by atoms with Gasteiger partial charge in [-0.05, 0) is 48.2 Å². The van der Waals surface area contributed by atoms with Crippen LogP contribution in [0.25, 0.3) is 0 Å². The first-order valence-electron chi connectivity index (χ1n) is 6.44. The van der Waals surface area contributed by atoms with Crippen LogP contribution < -0.4 is 10.1 Å². The molecule has 1 aromatic heterocycles. The van der Waals surface area contributed by atoms with E-state index in [0.29, 0.717) is 0 Å². The number of aryl methyl sites for hydroxylation is 1. The zero-order chi connectivity index (χ0) is 14.5. The quantitative estimate of drug-likeness (QED) is 0.855. The maximum Gasteiger partial charge on any atom is 0.387 e. The molecule has 1 heterocycles. The van der Waals surface area contributed by atoms with Gasteiger partial charge in [-0.1, -0.05) is 19.1 Å². The molecule has 0 saturated carbocycles. The molecule has 1 aromatic carbocycles. The standard InChI is InChI=1S/C15H17F2NOS/c1-3-18-13(14-10(2)8-9-20-14)11-4-6-12(7-5-11)19-15(16)17/h4-9,13,15,18H,3H2,1-2H3. The second kappa shape index (κ2) is 6.81. The molecule has 0 aliphatic rings. The van der Waals surface area contributed by atoms with E-state index in [0.717, 1.165) is 12.1 Å². The van der Waals surface area contributed by atoms with Crippen LogP contribution in [0.2, 0.25) is 0 Å². The zero-order valence-electron chi connectivity index (χ0n) is 11.4. The first kappa shape index (κ1) is 14.9. The average molecular weight is 297 g/mol. The number of benzene rings is 1. The van der Waals surface area contributed by atoms with Crippen LogP contribution in [0.15, 0.2) is 35.7 Å². The van der Waals surface area contributed by atoms with Crippen molar-refractivity contribution < 1.29 is 13.5 Å². The molecule has 0 aliphatic carbocycles. The number of alkyl halides is 2. The summed E-state index contributed by atoms with van der Waals surface area (Å²) in [4.78, 5) is 1.24. The highest BCUT2D eigenvalue weighted by atomic mass is 32.1. The van der Waals surface area contributed by atoms with Gasteiger partial charge >= 0.3 is 6.61 Å². The molecule has 108 valence electrons. The molecular formula is C15H17F2NOS. The van der Waals surface area contributed by atoms with Crippen molar-refractivity contribution in [1.29, 1.82) is 0 Å². The zero-order valence-corrected chi connectivity index (χ0v) is 12.2. The Balaban J connectivity index is 2.24. The van der Waals surface area contributed by atoms with E-state index < -0.39 is 6.61 Å². The molecule has 2 rings (SSSR count). The van der Waals surface area contributed by atoms with Crippen molar-refractivity contribution in [2.24, 2.45) is 0 Å². The molecule has 0 saturated heterocycles. The first-order valence-corrected chi connectivity index (χ1v) is 7.32. The number of rotatable bonds is 6. The van der Waals surface area contributed by atoms with Crippen molar-refractivity contribution >= 4 is 11.3 Å². The topological polar surface area (TPSA) is 21.3 Å². The van der Waals surface area contributed by atoms with Crippen LogP contribution >= 0.6 is 11.3 Å². The maximum atomic E-state index is 12.1. The fraction of sp³-hybridized carbons (Fsp3) is 0.333. The summed E-state index contributed by atoms with van der Waals surface area (Å²) in [5.74, 6) is 0.182. The van der Waals surface area contributed by atoms with Crippen molar-refractivity contribution in [2.45, 2.75) is 26.5 Å². The highest BCUT2D eigenvalue weighted by molar-refractivity contribution is 7.10. The van der Waals surface area contributed by atoms with E-state index in [-0.39, 0.29) is 11.8 Å². The molecule has 1 unspecified atom stereocenters. The van der Waals surface area contributed by atoms with Crippen LogP contribution in [-0.4, -0.2) is 13.2 Å². The van der Waals surface area contributed by atoms with E-state index in [1.54, 1.807) is 23.5 Å². The first-order chi connectivity index (χ1) is 9.61. The third kappa shape index (κ3) is 3.55. The van der Waals surface area contributed by atoms with Gasteiger partial charge in [-0.25, -0.2) is 0 Å². The minimum Gasteiger partial charge on any atom is -0.435 e. The average Bonchev–Trinajstić information content (AvgIpc) is 2.83. The largest absolute Gasteiger partial charge is 0.435 e. The van der Waals surface area contributed by atoms with Crippen molar-refractivity contribution in [3.8, 4) is 5.75 Å². The number of halogens is 2. The predicted octanol–water partition coefficient (Wildman–Crippen LogP) is 4.36. The van der Waals surface area contributed by atoms with Gasteiger partial charge in [0.1, 0.15) is 5.75 Å². The summed E-state index contributed by atoms with van der Waals surface area (Å²) in [5, 5.41) is 5.48. The molecule has 1 N–H and O–H groups in total. The van der Waals surface area contributed by atoms with E-state index >= 15 is 0 Å². The van der Waals surface area contributed by atoms with Crippen molar-refractivity contribution in [3.05, 3.63) is 51.7 Å². The van der Waals surface area contributed by atoms with Gasteiger partial charge in [-0.15, -0.1) is 11.3 Å². The van der Waals surface area contributed by atoms with E-state index in [1.165, 1.54) is 10.4 Å². The number of hydrogen-bond donors (Lipinski definition) is 1. The number of hydrogen-bond acceptors (Lipinski definition) is 3. The maximum absolute atomic E-state index is 12.1. The molecule has 0 aliphatic heterocycles. The van der Waals surface area contributed by atoms with Crippen molar-refractivity contribution in [1.82, 2.24) is 5.32 Å². The Labute approximate surface area is 121 Å². The Morgan fingerprint density at radius 2 is 1.90 bits per heavy atom. The molecule has 0 bridgehead atoms. The van der Waals surface area contributed by atoms with Crippen molar-refractivity contribution in [2.75, 3.05) is 6.54 Å². The van der Waals surface area contributed by atoms with Crippen LogP contribution in [0.5, 0.6) is 5.75 Å². The third-order valence-corrected chi connectivity index (χ3v) is 4.09. The van der Waals surface area contributed by atoms with Crippen LogP contribution in [0.3, 0.4) is 0 Å². The van der Waals surface area contributed by atoms with Crippen LogP contribution in [0.1, 0.15) is 29.0 Å². The van der Waals surface area contributed by atoms with Gasteiger partial charge in [0.15, 0.2) is 0 Å². The molecule has 1 atom stereocenters. The fourth-order valence-electron chi connectivity index (χ4n) is 2.09. The summed E-state index contributed by atoms with van der Waals surface area (Å²) in [6, 6.07) is 8.97. The van der Waals surface area contributed by atoms with Gasteiger partial charge in [0, 0.05) is 4.88 Å². The normalized spacial score (nSPS) is 12.7. The van der Waals surface area contributed by atoms with E-state index in [4.69, 9.17) is 0 Å². The summed E-state index contributed by atoms with van der Waals surface area (Å²) >= 11 is 1.69. The van der Waals surface area contributed by atoms with Gasteiger partial charge in [0.2, 0.25) is 0 Å². The van der Waals surface area contributed by atoms with E-state index in [2.05, 4.69) is 28.4 Å². The minimum atomic E-state index is -2.79. The summed E-state index contributed by atoms with van der Waals surface area (Å²) in [5.41, 5.74) is 2.27. The lowest BCUT2D eigenvalue weighted by atomic mass is 10.0. The second-order valence-electron chi connectivity index (χ2n) is 4.41. The number of thiophene rings is 1. The summed E-state index contributed by atoms with van der Waals surface area (Å²) in [7, 11) is 0. The molecule has 0 radical (unpaired) electrons. The fourth-order valence-corrected chi connectivity index (χ4v) is 3.12. The van der Waals surface area contributed by atoms with Gasteiger partial charge in [0.25, 0.3) is 0 Å². The molecule has 20 heavy (non-hydrogen) atoms. The highest BCUT2D eigenvalue weighted by Gasteiger charge is 2.16. The Hall–Kier alpha value is -1.46. The number of nitrogens with one attached hydrogen (secondary N) is 1. The Bertz CT molecular complexity index is 539. The summed E-state index contributed by atoms with van der Waals surface area (Å²) in [6.07, 6.45) is 0. The van der Waals surface area contributed by atoms with Gasteiger partial charge < -0.3 is 10.1 Å². The lowest BCUT2D eigenvalue weighted by Gasteiger charge is -2.18. The van der Waals surface area contributed by atoms with Crippen molar-refractivity contribution in [3.63, 3.8) is 0 Å². The van der Waals surface area contributed by atoms with Crippen LogP contribution in [0, 0.1) is 6.92 Å². The smallest absolute Gasteiger partial charge is 0.387 e. The predicted molar refractivity (Wildman–Crippen MR) is 77.6 cm³/mol. The lowest BCUT2D eigenvalue weighted by Crippen LogP contribution is -2.21. The lowest BCUT2D eigenvalue weighted by molar-refractivity contribution is -0.0498. The van der Waals surface area contributed by atoms with Gasteiger partial charge in [-0.2, -0.15) is 8.78 Å². The highest BCUT2D eigenvalue weighted by Crippen LogP contribution is 2.30. The molecule has 5 heteroatoms. The van der Waals surface area contributed by atoms with Gasteiger partial charge in [0.05, 0.1) is 6.04 Å². The monoisotopic (exact) mass is 297 g/mol. The Kier molecular flexibility index (Phi) is 5.09. The summed E-state index contributed by atoms with van der Waals surface area (Å²) in [6.45, 7) is 2.16. The third-order valence-electron chi connectivity index (χ3n) is 3.01. The minimum absolute atomic E-state index is 0.0839. The Morgan fingerprint density at radius 3 is 2.40 bits per heavy atom. The molecule has 2 aromatic rings. The van der Waals surface area contributed by atoms with Crippen LogP contribution in [-0.2, 0) is 0 Å². The second-order valence-corrected chi connectivity index (χ2v) is 5.35.